The number of carbonyl (C=O) groups is 1. The Morgan fingerprint density at radius 1 is 1.07 bits per heavy atom. The van der Waals surface area contributed by atoms with E-state index in [1.165, 1.54) is 17.0 Å². The number of pyridine rings is 1. The second-order valence-corrected chi connectivity index (χ2v) is 6.47. The van der Waals surface area contributed by atoms with Gasteiger partial charge in [-0.1, -0.05) is 24.3 Å². The number of rotatable bonds is 4. The molecule has 1 amide bonds. The average Bonchev–Trinajstić information content (AvgIpc) is 3.16. The van der Waals surface area contributed by atoms with Crippen molar-refractivity contribution in [2.45, 2.75) is 6.67 Å². The van der Waals surface area contributed by atoms with Crippen LogP contribution in [0.2, 0.25) is 0 Å². The molecule has 2 aromatic carbocycles. The summed E-state index contributed by atoms with van der Waals surface area (Å²) in [6, 6.07) is 16.4. The van der Waals surface area contributed by atoms with Crippen LogP contribution in [0.25, 0.3) is 16.6 Å². The molecule has 0 aliphatic carbocycles. The largest absolute Gasteiger partial charge is 0.311 e. The molecule has 2 heterocycles. The van der Waals surface area contributed by atoms with Gasteiger partial charge in [-0.15, -0.1) is 0 Å². The second-order valence-electron chi connectivity index (χ2n) is 6.47. The van der Waals surface area contributed by atoms with E-state index in [1.54, 1.807) is 60.4 Å². The van der Waals surface area contributed by atoms with Crippen molar-refractivity contribution in [2.75, 3.05) is 11.9 Å². The van der Waals surface area contributed by atoms with E-state index in [2.05, 4.69) is 5.10 Å². The van der Waals surface area contributed by atoms with E-state index >= 15 is 0 Å². The smallest absolute Gasteiger partial charge is 0.258 e. The van der Waals surface area contributed by atoms with Crippen LogP contribution in [0.3, 0.4) is 0 Å². The lowest BCUT2D eigenvalue weighted by atomic mass is 10.0. The third-order valence-electron chi connectivity index (χ3n) is 4.71. The van der Waals surface area contributed by atoms with Gasteiger partial charge in [0.2, 0.25) is 0 Å². The van der Waals surface area contributed by atoms with Crippen molar-refractivity contribution >= 4 is 17.1 Å². The van der Waals surface area contributed by atoms with Crippen LogP contribution in [-0.2, 0) is 6.67 Å². The third-order valence-corrected chi connectivity index (χ3v) is 4.71. The van der Waals surface area contributed by atoms with E-state index in [4.69, 9.17) is 0 Å². The molecule has 0 unspecified atom stereocenters. The van der Waals surface area contributed by atoms with Crippen molar-refractivity contribution in [2.24, 2.45) is 0 Å². The fraction of sp³-hybridized carbons (Fsp3) is 0.0909. The zero-order valence-electron chi connectivity index (χ0n) is 15.1. The molecule has 28 heavy (non-hydrogen) atoms. The van der Waals surface area contributed by atoms with Crippen molar-refractivity contribution in [3.05, 3.63) is 90.0 Å². The van der Waals surface area contributed by atoms with E-state index in [0.29, 0.717) is 16.8 Å². The highest BCUT2D eigenvalue weighted by Crippen LogP contribution is 2.26. The van der Waals surface area contributed by atoms with E-state index in [1.807, 2.05) is 12.1 Å². The maximum Gasteiger partial charge on any atom is 0.258 e. The van der Waals surface area contributed by atoms with Crippen LogP contribution < -0.4 is 4.90 Å². The molecule has 0 atom stereocenters. The van der Waals surface area contributed by atoms with Gasteiger partial charge < -0.3 is 4.90 Å². The number of nitrogens with zero attached hydrogens (tertiary/aromatic N) is 3. The van der Waals surface area contributed by atoms with Crippen LogP contribution in [-0.4, -0.2) is 22.6 Å². The van der Waals surface area contributed by atoms with Crippen molar-refractivity contribution < 1.29 is 13.6 Å². The zero-order valence-corrected chi connectivity index (χ0v) is 15.1. The molecule has 140 valence electrons. The van der Waals surface area contributed by atoms with Gasteiger partial charge in [-0.25, -0.2) is 13.3 Å². The molecule has 0 N–H and O–H groups in total. The normalized spacial score (nSPS) is 11.0. The van der Waals surface area contributed by atoms with Crippen molar-refractivity contribution in [1.29, 1.82) is 0 Å². The second kappa shape index (κ2) is 7.23. The number of amides is 1. The van der Waals surface area contributed by atoms with Crippen LogP contribution >= 0.6 is 0 Å². The Balaban J connectivity index is 1.70. The maximum absolute atomic E-state index is 13.1. The first kappa shape index (κ1) is 17.9. The Morgan fingerprint density at radius 3 is 2.46 bits per heavy atom. The van der Waals surface area contributed by atoms with Crippen LogP contribution in [0.15, 0.2) is 73.1 Å². The maximum atomic E-state index is 13.1. The topological polar surface area (TPSA) is 37.6 Å². The van der Waals surface area contributed by atoms with E-state index in [9.17, 15) is 13.6 Å². The van der Waals surface area contributed by atoms with Crippen LogP contribution in [0.1, 0.15) is 15.9 Å². The van der Waals surface area contributed by atoms with Crippen LogP contribution in [0.5, 0.6) is 0 Å². The van der Waals surface area contributed by atoms with Gasteiger partial charge in [0.25, 0.3) is 5.91 Å². The third kappa shape index (κ3) is 3.24. The summed E-state index contributed by atoms with van der Waals surface area (Å²) in [5, 5.41) is 4.33. The fourth-order valence-corrected chi connectivity index (χ4v) is 3.09. The summed E-state index contributed by atoms with van der Waals surface area (Å²) in [6.07, 6.45) is 3.44. The molecule has 0 bridgehead atoms. The minimum absolute atomic E-state index is 0.214. The summed E-state index contributed by atoms with van der Waals surface area (Å²) in [4.78, 5) is 14.4. The van der Waals surface area contributed by atoms with Gasteiger partial charge >= 0.3 is 0 Å². The predicted molar refractivity (Wildman–Crippen MR) is 105 cm³/mol. The molecule has 0 saturated heterocycles. The first-order valence-corrected chi connectivity index (χ1v) is 8.73. The van der Waals surface area contributed by atoms with Crippen LogP contribution in [0.4, 0.5) is 14.5 Å². The fourth-order valence-electron chi connectivity index (χ4n) is 3.09. The number of benzene rings is 2. The molecular formula is C22H17F2N3O. The number of fused-ring (bicyclic) bond motifs is 1. The zero-order chi connectivity index (χ0) is 19.7. The van der Waals surface area contributed by atoms with Crippen molar-refractivity contribution in [1.82, 2.24) is 9.61 Å². The summed E-state index contributed by atoms with van der Waals surface area (Å²) >= 11 is 0. The highest BCUT2D eigenvalue weighted by atomic mass is 19.1. The Hall–Kier alpha value is -3.54. The summed E-state index contributed by atoms with van der Waals surface area (Å²) in [6.45, 7) is -0.511. The van der Waals surface area contributed by atoms with Gasteiger partial charge in [-0.2, -0.15) is 5.10 Å². The van der Waals surface area contributed by atoms with E-state index < -0.39 is 6.67 Å². The SMILES string of the molecule is CN(C(=O)c1ccn2ncc(-c3ccc(CF)cc3)c2c1)c1ccc(F)cc1. The minimum Gasteiger partial charge on any atom is -0.311 e. The molecule has 0 fully saturated rings. The molecule has 4 nitrogen and oxygen atoms in total. The minimum atomic E-state index is -0.511. The van der Waals surface area contributed by atoms with Gasteiger partial charge in [0.15, 0.2) is 0 Å². The molecule has 0 radical (unpaired) electrons. The quantitative estimate of drug-likeness (QED) is 0.508. The molecular weight excluding hydrogens is 360 g/mol. The molecule has 4 aromatic rings. The number of halogens is 2. The molecule has 4 rings (SSSR count). The molecule has 0 spiro atoms. The number of hydrogen-bond donors (Lipinski definition) is 0. The Bertz CT molecular complexity index is 1130. The van der Waals surface area contributed by atoms with Gasteiger partial charge in [-0.05, 0) is 47.5 Å². The van der Waals surface area contributed by atoms with Gasteiger partial charge in [0, 0.05) is 30.1 Å². The molecule has 6 heteroatoms. The highest BCUT2D eigenvalue weighted by molar-refractivity contribution is 6.06. The molecule has 0 saturated carbocycles. The van der Waals surface area contributed by atoms with Crippen LogP contribution in [0, 0.1) is 5.82 Å². The predicted octanol–water partition coefficient (Wildman–Crippen LogP) is 4.89. The van der Waals surface area contributed by atoms with E-state index in [-0.39, 0.29) is 11.7 Å². The number of carbonyl (C=O) groups excluding carboxylic acids is 1. The lowest BCUT2D eigenvalue weighted by Gasteiger charge is -2.17. The van der Waals surface area contributed by atoms with E-state index in [0.717, 1.165) is 16.6 Å². The summed E-state index contributed by atoms with van der Waals surface area (Å²) in [5.41, 5.74) is 4.21. The number of aromatic nitrogens is 2. The number of anilines is 1. The Labute approximate surface area is 160 Å². The standard InChI is InChI=1S/C22H17F2N3O/c1-26(19-8-6-18(24)7-9-19)22(28)17-10-11-27-21(12-17)20(14-25-27)16-4-2-15(13-23)3-5-16/h2-12,14H,13H2,1H3. The molecule has 2 aromatic heterocycles. The lowest BCUT2D eigenvalue weighted by molar-refractivity contribution is 0.0993. The summed E-state index contributed by atoms with van der Waals surface area (Å²) < 4.78 is 27.6. The molecule has 0 aliphatic heterocycles. The average molecular weight is 377 g/mol. The van der Waals surface area contributed by atoms with Gasteiger partial charge in [0.1, 0.15) is 12.5 Å². The number of hydrogen-bond acceptors (Lipinski definition) is 2. The Morgan fingerprint density at radius 2 is 1.79 bits per heavy atom. The first-order chi connectivity index (χ1) is 13.6. The highest BCUT2D eigenvalue weighted by Gasteiger charge is 2.16. The summed E-state index contributed by atoms with van der Waals surface area (Å²) in [5.74, 6) is -0.567. The number of alkyl halides is 1. The lowest BCUT2D eigenvalue weighted by Crippen LogP contribution is -2.26. The van der Waals surface area contributed by atoms with Gasteiger partial charge in [-0.3, -0.25) is 4.79 Å². The van der Waals surface area contributed by atoms with Crippen molar-refractivity contribution in [3.8, 4) is 11.1 Å². The van der Waals surface area contributed by atoms with Crippen molar-refractivity contribution in [3.63, 3.8) is 0 Å². The first-order valence-electron chi connectivity index (χ1n) is 8.73. The Kier molecular flexibility index (Phi) is 4.61. The monoisotopic (exact) mass is 377 g/mol. The summed E-state index contributed by atoms with van der Waals surface area (Å²) in [7, 11) is 1.65. The van der Waals surface area contributed by atoms with Gasteiger partial charge in [0.05, 0.1) is 11.7 Å². The molecule has 0 aliphatic rings.